The maximum absolute atomic E-state index is 12.4. The van der Waals surface area contributed by atoms with Gasteiger partial charge in [0.15, 0.2) is 0 Å². The normalized spacial score (nSPS) is 19.5. The van der Waals surface area contributed by atoms with Gasteiger partial charge in [0, 0.05) is 31.1 Å². The molecule has 0 aromatic carbocycles. The van der Waals surface area contributed by atoms with E-state index in [2.05, 4.69) is 13.8 Å². The lowest BCUT2D eigenvalue weighted by atomic mass is 9.88. The summed E-state index contributed by atoms with van der Waals surface area (Å²) >= 11 is 0. The molecule has 0 aliphatic heterocycles. The summed E-state index contributed by atoms with van der Waals surface area (Å²) in [5.74, 6) is -1.10. The van der Waals surface area contributed by atoms with E-state index in [4.69, 9.17) is 9.47 Å². The first-order chi connectivity index (χ1) is 22.3. The third-order valence-electron chi connectivity index (χ3n) is 9.15. The van der Waals surface area contributed by atoms with Gasteiger partial charge >= 0.3 is 11.9 Å². The van der Waals surface area contributed by atoms with Crippen LogP contribution in [0.15, 0.2) is 12.2 Å². The zero-order valence-corrected chi connectivity index (χ0v) is 29.3. The van der Waals surface area contributed by atoms with Crippen LogP contribution >= 0.6 is 0 Å². The maximum Gasteiger partial charge on any atom is 0.305 e. The zero-order chi connectivity index (χ0) is 33.8. The van der Waals surface area contributed by atoms with Crippen molar-refractivity contribution in [2.45, 2.75) is 186 Å². The van der Waals surface area contributed by atoms with Crippen molar-refractivity contribution >= 4 is 17.7 Å². The van der Waals surface area contributed by atoms with Gasteiger partial charge in [-0.1, -0.05) is 135 Å². The second-order valence-electron chi connectivity index (χ2n) is 13.5. The number of rotatable bonds is 30. The molecule has 46 heavy (non-hydrogen) atoms. The second-order valence-corrected chi connectivity index (χ2v) is 13.5. The first kappa shape index (κ1) is 42.3. The number of esters is 2. The summed E-state index contributed by atoms with van der Waals surface area (Å²) in [5.41, 5.74) is 0. The van der Waals surface area contributed by atoms with Crippen molar-refractivity contribution in [3.05, 3.63) is 12.2 Å². The smallest absolute Gasteiger partial charge is 0.305 e. The number of aliphatic hydroxyl groups is 3. The summed E-state index contributed by atoms with van der Waals surface area (Å²) < 4.78 is 10.3. The maximum atomic E-state index is 12.4. The summed E-state index contributed by atoms with van der Waals surface area (Å²) in [7, 11) is 0. The molecule has 8 heteroatoms. The molecule has 0 spiro atoms. The highest BCUT2D eigenvalue weighted by atomic mass is 16.6. The zero-order valence-electron chi connectivity index (χ0n) is 29.3. The number of hydrogen-bond acceptors (Lipinski definition) is 8. The van der Waals surface area contributed by atoms with Crippen LogP contribution in [0, 0.1) is 11.8 Å². The van der Waals surface area contributed by atoms with Gasteiger partial charge in [0.2, 0.25) is 0 Å². The van der Waals surface area contributed by atoms with Crippen molar-refractivity contribution < 1.29 is 39.2 Å². The third kappa shape index (κ3) is 21.9. The van der Waals surface area contributed by atoms with E-state index in [0.717, 1.165) is 57.8 Å². The molecule has 3 N–H and O–H groups in total. The molecular formula is C38H68O8. The highest BCUT2D eigenvalue weighted by Crippen LogP contribution is 2.34. The van der Waals surface area contributed by atoms with E-state index in [0.29, 0.717) is 25.7 Å². The first-order valence-corrected chi connectivity index (χ1v) is 18.8. The highest BCUT2D eigenvalue weighted by molar-refractivity contribution is 5.84. The summed E-state index contributed by atoms with van der Waals surface area (Å²) in [6.45, 7) is 3.99. The molecule has 0 saturated heterocycles. The number of carbonyl (C=O) groups is 3. The van der Waals surface area contributed by atoms with E-state index in [9.17, 15) is 29.7 Å². The van der Waals surface area contributed by atoms with Crippen LogP contribution in [0.4, 0.5) is 0 Å². The lowest BCUT2D eigenvalue weighted by molar-refractivity contribution is -0.152. The number of Topliss-reactive ketones (excluding diaryl/α,β-unsaturated/α-hetero) is 1. The molecule has 1 aliphatic carbocycles. The largest absolute Gasteiger partial charge is 0.463 e. The van der Waals surface area contributed by atoms with E-state index < -0.39 is 24.3 Å². The lowest BCUT2D eigenvalue weighted by Crippen LogP contribution is -2.25. The highest BCUT2D eigenvalue weighted by Gasteiger charge is 2.39. The third-order valence-corrected chi connectivity index (χ3v) is 9.15. The minimum absolute atomic E-state index is 0.0831. The Bertz CT molecular complexity index is 813. The van der Waals surface area contributed by atoms with Crippen molar-refractivity contribution in [2.75, 3.05) is 13.2 Å². The Morgan fingerprint density at radius 1 is 0.717 bits per heavy atom. The molecular weight excluding hydrogens is 584 g/mol. The van der Waals surface area contributed by atoms with Crippen LogP contribution in [-0.4, -0.2) is 64.6 Å². The van der Waals surface area contributed by atoms with E-state index >= 15 is 0 Å². The summed E-state index contributed by atoms with van der Waals surface area (Å²) in [5, 5.41) is 30.6. The molecule has 0 aromatic heterocycles. The van der Waals surface area contributed by atoms with Crippen molar-refractivity contribution in [3.8, 4) is 0 Å². The van der Waals surface area contributed by atoms with Crippen LogP contribution in [0.5, 0.6) is 0 Å². The fourth-order valence-corrected chi connectivity index (χ4v) is 6.22. The number of aliphatic hydroxyl groups excluding tert-OH is 3. The summed E-state index contributed by atoms with van der Waals surface area (Å²) in [6, 6.07) is 0. The number of carbonyl (C=O) groups excluding carboxylic acids is 3. The van der Waals surface area contributed by atoms with Gasteiger partial charge in [-0.2, -0.15) is 0 Å². The average molecular weight is 653 g/mol. The topological polar surface area (TPSA) is 130 Å². The van der Waals surface area contributed by atoms with E-state index in [-0.39, 0.29) is 49.6 Å². The molecule has 0 heterocycles. The van der Waals surface area contributed by atoms with Crippen LogP contribution in [0.2, 0.25) is 0 Å². The fraction of sp³-hybridized carbons (Fsp3) is 0.868. The van der Waals surface area contributed by atoms with Crippen LogP contribution in [0.25, 0.3) is 0 Å². The Morgan fingerprint density at radius 2 is 1.17 bits per heavy atom. The fourth-order valence-electron chi connectivity index (χ4n) is 6.22. The molecule has 1 aliphatic rings. The molecule has 1 fully saturated rings. The molecule has 0 unspecified atom stereocenters. The van der Waals surface area contributed by atoms with E-state index in [1.807, 2.05) is 6.08 Å². The molecule has 0 bridgehead atoms. The van der Waals surface area contributed by atoms with Crippen LogP contribution < -0.4 is 0 Å². The van der Waals surface area contributed by atoms with Gasteiger partial charge in [-0.3, -0.25) is 14.4 Å². The number of ether oxygens (including phenoxy) is 2. The lowest BCUT2D eigenvalue weighted by Gasteiger charge is -2.18. The Kier molecular flexibility index (Phi) is 26.0. The van der Waals surface area contributed by atoms with Gasteiger partial charge in [-0.15, -0.1) is 0 Å². The van der Waals surface area contributed by atoms with Gasteiger partial charge in [0.05, 0.1) is 12.2 Å². The quantitative estimate of drug-likeness (QED) is 0.0405. The molecule has 268 valence electrons. The minimum Gasteiger partial charge on any atom is -0.463 e. The van der Waals surface area contributed by atoms with Gasteiger partial charge in [-0.05, 0) is 25.7 Å². The van der Waals surface area contributed by atoms with Crippen molar-refractivity contribution in [1.82, 2.24) is 0 Å². The Morgan fingerprint density at radius 3 is 1.70 bits per heavy atom. The average Bonchev–Trinajstić information content (AvgIpc) is 3.31. The second kappa shape index (κ2) is 28.3. The molecule has 1 saturated carbocycles. The predicted octanol–water partition coefficient (Wildman–Crippen LogP) is 7.93. The minimum atomic E-state index is -1.03. The molecule has 5 atom stereocenters. The van der Waals surface area contributed by atoms with E-state index in [1.54, 1.807) is 6.08 Å². The molecule has 0 amide bonds. The summed E-state index contributed by atoms with van der Waals surface area (Å²) in [4.78, 5) is 36.4. The van der Waals surface area contributed by atoms with Crippen molar-refractivity contribution in [2.24, 2.45) is 11.8 Å². The molecule has 8 nitrogen and oxygen atoms in total. The Balaban J connectivity index is 2.04. The molecule has 1 rings (SSSR count). The SMILES string of the molecule is CCCCCCCCCCCCCCC(=O)OC[C@@H](O)COC(=O)CCCCCC[C@H]1C(=O)C[C@@H](O)[C@@H]1/C=C/[C@@H](O)CCCCC. The van der Waals surface area contributed by atoms with Crippen LogP contribution in [0.3, 0.4) is 0 Å². The number of unbranched alkanes of at least 4 members (excludes halogenated alkanes) is 16. The van der Waals surface area contributed by atoms with Crippen molar-refractivity contribution in [3.63, 3.8) is 0 Å². The van der Waals surface area contributed by atoms with E-state index in [1.165, 1.54) is 57.8 Å². The Labute approximate surface area is 280 Å². The van der Waals surface area contributed by atoms with Gasteiger partial charge in [0.1, 0.15) is 25.1 Å². The standard InChI is InChI=1S/C38H68O8/c1-3-5-7-8-9-10-11-12-13-14-15-20-24-37(43)45-29-32(40)30-46-38(44)25-21-17-16-19-23-33-34(36(42)28-35(33)41)27-26-31(39)22-18-6-4-2/h26-27,31-34,36,39-40,42H,3-25,28-30H2,1-2H3/b27-26+/t31-,32+,33+,34+,36+/m0/s1. The summed E-state index contributed by atoms with van der Waals surface area (Å²) in [6.07, 6.45) is 24.5. The van der Waals surface area contributed by atoms with Gasteiger partial charge < -0.3 is 24.8 Å². The van der Waals surface area contributed by atoms with Crippen molar-refractivity contribution in [1.29, 1.82) is 0 Å². The van der Waals surface area contributed by atoms with Gasteiger partial charge in [0.25, 0.3) is 0 Å². The van der Waals surface area contributed by atoms with Gasteiger partial charge in [-0.25, -0.2) is 0 Å². The number of hydrogen-bond donors (Lipinski definition) is 3. The number of ketones is 1. The molecule has 0 radical (unpaired) electrons. The van der Waals surface area contributed by atoms with Crippen LogP contribution in [0.1, 0.15) is 168 Å². The Hall–Kier alpha value is -1.77. The monoisotopic (exact) mass is 652 g/mol. The van der Waals surface area contributed by atoms with Crippen LogP contribution in [-0.2, 0) is 23.9 Å². The predicted molar refractivity (Wildman–Crippen MR) is 183 cm³/mol. The molecule has 0 aromatic rings. The first-order valence-electron chi connectivity index (χ1n) is 18.8.